The zero-order chi connectivity index (χ0) is 16.4. The maximum Gasteiger partial charge on any atom is 0.246 e. The van der Waals surface area contributed by atoms with Crippen LogP contribution in [0.25, 0.3) is 0 Å². The Morgan fingerprint density at radius 3 is 2.43 bits per heavy atom. The van der Waals surface area contributed by atoms with Crippen LogP contribution in [-0.2, 0) is 9.59 Å². The second-order valence-electron chi connectivity index (χ2n) is 6.06. The van der Waals surface area contributed by atoms with Crippen LogP contribution in [0, 0.1) is 11.7 Å². The van der Waals surface area contributed by atoms with Gasteiger partial charge in [-0.05, 0) is 30.5 Å². The van der Waals surface area contributed by atoms with Crippen LogP contribution in [0.5, 0.6) is 0 Å². The molecule has 2 aliphatic heterocycles. The lowest BCUT2D eigenvalue weighted by Crippen LogP contribution is -2.42. The molecule has 2 aliphatic rings. The van der Waals surface area contributed by atoms with Gasteiger partial charge < -0.3 is 4.90 Å². The highest BCUT2D eigenvalue weighted by molar-refractivity contribution is 5.82. The number of likely N-dealkylation sites (tertiary alicyclic amines) is 1. The molecule has 0 bridgehead atoms. The number of carbonyl (C=O) groups excluding carboxylic acids is 2. The molecule has 1 aromatic carbocycles. The van der Waals surface area contributed by atoms with Gasteiger partial charge in [0.1, 0.15) is 5.82 Å². The Kier molecular flexibility index (Phi) is 4.41. The summed E-state index contributed by atoms with van der Waals surface area (Å²) in [5.74, 6) is -0.346. The van der Waals surface area contributed by atoms with E-state index < -0.39 is 0 Å². The van der Waals surface area contributed by atoms with Crippen molar-refractivity contribution in [1.82, 2.24) is 9.91 Å². The van der Waals surface area contributed by atoms with E-state index >= 15 is 0 Å². The van der Waals surface area contributed by atoms with E-state index in [-0.39, 0.29) is 29.6 Å². The number of piperidine rings is 1. The monoisotopic (exact) mass is 317 g/mol. The number of hydrogen-bond acceptors (Lipinski definition) is 3. The molecule has 0 radical (unpaired) electrons. The third-order valence-corrected chi connectivity index (χ3v) is 4.60. The summed E-state index contributed by atoms with van der Waals surface area (Å²) >= 11 is 0. The molecule has 2 heterocycles. The molecule has 1 fully saturated rings. The Morgan fingerprint density at radius 2 is 1.83 bits per heavy atom. The second kappa shape index (κ2) is 6.48. The summed E-state index contributed by atoms with van der Waals surface area (Å²) in [5.41, 5.74) is 0.887. The van der Waals surface area contributed by atoms with Gasteiger partial charge in [0.15, 0.2) is 0 Å². The summed E-state index contributed by atoms with van der Waals surface area (Å²) in [7, 11) is 0. The Hall–Kier alpha value is -2.24. The molecule has 122 valence electrons. The van der Waals surface area contributed by atoms with Gasteiger partial charge in [0, 0.05) is 38.6 Å². The fraction of sp³-hybridized carbons (Fsp3) is 0.471. The van der Waals surface area contributed by atoms with Gasteiger partial charge in [-0.1, -0.05) is 12.1 Å². The van der Waals surface area contributed by atoms with Crippen molar-refractivity contribution in [1.29, 1.82) is 0 Å². The molecule has 1 aromatic rings. The first-order valence-corrected chi connectivity index (χ1v) is 7.93. The molecule has 0 spiro atoms. The summed E-state index contributed by atoms with van der Waals surface area (Å²) < 4.78 is 13.1. The molecular weight excluding hydrogens is 297 g/mol. The summed E-state index contributed by atoms with van der Waals surface area (Å²) in [6.07, 6.45) is 3.71. The Bertz CT molecular complexity index is 621. The maximum atomic E-state index is 13.1. The summed E-state index contributed by atoms with van der Waals surface area (Å²) in [6, 6.07) is 6.05. The average Bonchev–Trinajstić information content (AvgIpc) is 3.04. The molecule has 5 nitrogen and oxygen atoms in total. The molecule has 23 heavy (non-hydrogen) atoms. The number of hydrogen-bond donors (Lipinski definition) is 0. The molecule has 6 heteroatoms. The standard InChI is InChI=1S/C17H20FN3O2/c1-12(22)20-10-7-14(8-11-20)17(23)21-16(6-9-19-21)13-2-4-15(18)5-3-13/h2-5,9,14,16H,6-8,10-11H2,1H3/t16-/m0/s1. The van der Waals surface area contributed by atoms with Gasteiger partial charge in [-0.3, -0.25) is 9.59 Å². The molecule has 0 N–H and O–H groups in total. The Balaban J connectivity index is 1.68. The predicted octanol–water partition coefficient (Wildman–Crippen LogP) is 2.34. The van der Waals surface area contributed by atoms with Crippen LogP contribution < -0.4 is 0 Å². The van der Waals surface area contributed by atoms with Crippen LogP contribution in [0.1, 0.15) is 37.8 Å². The molecule has 0 saturated carbocycles. The lowest BCUT2D eigenvalue weighted by Gasteiger charge is -2.33. The third kappa shape index (κ3) is 3.25. The largest absolute Gasteiger partial charge is 0.343 e. The minimum Gasteiger partial charge on any atom is -0.343 e. The molecule has 0 unspecified atom stereocenters. The first-order chi connectivity index (χ1) is 11.1. The first-order valence-electron chi connectivity index (χ1n) is 7.93. The molecule has 2 amide bonds. The molecular formula is C17H20FN3O2. The van der Waals surface area contributed by atoms with Gasteiger partial charge in [0.2, 0.25) is 11.8 Å². The van der Waals surface area contributed by atoms with E-state index in [2.05, 4.69) is 5.10 Å². The fourth-order valence-corrected chi connectivity index (χ4v) is 3.22. The van der Waals surface area contributed by atoms with E-state index in [1.54, 1.807) is 30.2 Å². The lowest BCUT2D eigenvalue weighted by molar-refractivity contribution is -0.141. The predicted molar refractivity (Wildman–Crippen MR) is 84.1 cm³/mol. The van der Waals surface area contributed by atoms with E-state index in [1.807, 2.05) is 0 Å². The Labute approximate surface area is 134 Å². The second-order valence-corrected chi connectivity index (χ2v) is 6.06. The van der Waals surface area contributed by atoms with E-state index in [0.717, 1.165) is 5.56 Å². The highest BCUT2D eigenvalue weighted by Gasteiger charge is 2.34. The SMILES string of the molecule is CC(=O)N1CCC(C(=O)N2N=CC[C@H]2c2ccc(F)cc2)CC1. The van der Waals surface area contributed by atoms with Crippen molar-refractivity contribution < 1.29 is 14.0 Å². The van der Waals surface area contributed by atoms with Crippen molar-refractivity contribution >= 4 is 18.0 Å². The van der Waals surface area contributed by atoms with Gasteiger partial charge in [0.05, 0.1) is 6.04 Å². The van der Waals surface area contributed by atoms with Crippen molar-refractivity contribution in [2.75, 3.05) is 13.1 Å². The average molecular weight is 317 g/mol. The molecule has 0 aliphatic carbocycles. The molecule has 1 saturated heterocycles. The summed E-state index contributed by atoms with van der Waals surface area (Å²) in [5, 5.41) is 5.76. The smallest absolute Gasteiger partial charge is 0.246 e. The lowest BCUT2D eigenvalue weighted by atomic mass is 9.94. The van der Waals surface area contributed by atoms with E-state index in [4.69, 9.17) is 0 Å². The first kappa shape index (κ1) is 15.6. The minimum absolute atomic E-state index is 0.00345. The Morgan fingerprint density at radius 1 is 1.17 bits per heavy atom. The summed E-state index contributed by atoms with van der Waals surface area (Å²) in [6.45, 7) is 2.78. The van der Waals surface area contributed by atoms with Crippen molar-refractivity contribution in [2.45, 2.75) is 32.2 Å². The van der Waals surface area contributed by atoms with Gasteiger partial charge in [0.25, 0.3) is 0 Å². The zero-order valence-corrected chi connectivity index (χ0v) is 13.1. The number of nitrogens with zero attached hydrogens (tertiary/aromatic N) is 3. The van der Waals surface area contributed by atoms with Gasteiger partial charge >= 0.3 is 0 Å². The highest BCUT2D eigenvalue weighted by Crippen LogP contribution is 2.31. The third-order valence-electron chi connectivity index (χ3n) is 4.60. The van der Waals surface area contributed by atoms with Crippen LogP contribution in [0.15, 0.2) is 29.4 Å². The molecule has 1 atom stereocenters. The van der Waals surface area contributed by atoms with Crippen molar-refractivity contribution in [3.63, 3.8) is 0 Å². The molecule has 3 rings (SSSR count). The van der Waals surface area contributed by atoms with Gasteiger partial charge in [-0.15, -0.1) is 0 Å². The number of halogens is 1. The molecule has 0 aromatic heterocycles. The van der Waals surface area contributed by atoms with Gasteiger partial charge in [-0.25, -0.2) is 9.40 Å². The fourth-order valence-electron chi connectivity index (χ4n) is 3.22. The topological polar surface area (TPSA) is 53.0 Å². The number of rotatable bonds is 2. The number of hydrazone groups is 1. The van der Waals surface area contributed by atoms with Crippen LogP contribution in [-0.4, -0.2) is 41.0 Å². The van der Waals surface area contributed by atoms with Crippen LogP contribution in [0.3, 0.4) is 0 Å². The summed E-state index contributed by atoms with van der Waals surface area (Å²) in [4.78, 5) is 25.9. The van der Waals surface area contributed by atoms with E-state index in [0.29, 0.717) is 32.4 Å². The van der Waals surface area contributed by atoms with Crippen LogP contribution in [0.2, 0.25) is 0 Å². The number of amides is 2. The normalized spacial score (nSPS) is 21.7. The highest BCUT2D eigenvalue weighted by atomic mass is 19.1. The van der Waals surface area contributed by atoms with Crippen LogP contribution in [0.4, 0.5) is 4.39 Å². The van der Waals surface area contributed by atoms with Gasteiger partial charge in [-0.2, -0.15) is 5.10 Å². The van der Waals surface area contributed by atoms with E-state index in [1.165, 1.54) is 17.1 Å². The maximum absolute atomic E-state index is 13.1. The number of benzene rings is 1. The quantitative estimate of drug-likeness (QED) is 0.841. The zero-order valence-electron chi connectivity index (χ0n) is 13.1. The van der Waals surface area contributed by atoms with E-state index in [9.17, 15) is 14.0 Å². The van der Waals surface area contributed by atoms with Crippen molar-refractivity contribution in [3.05, 3.63) is 35.6 Å². The van der Waals surface area contributed by atoms with Crippen molar-refractivity contribution in [3.8, 4) is 0 Å². The minimum atomic E-state index is -0.290. The van der Waals surface area contributed by atoms with Crippen molar-refractivity contribution in [2.24, 2.45) is 11.0 Å². The van der Waals surface area contributed by atoms with Crippen LogP contribution >= 0.6 is 0 Å². The number of carbonyl (C=O) groups is 2.